The molecule has 0 fully saturated rings. The fraction of sp³-hybridized carbons (Fsp3) is 0.318. The van der Waals surface area contributed by atoms with Crippen molar-refractivity contribution in [2.45, 2.75) is 39.0 Å². The highest BCUT2D eigenvalue weighted by atomic mass is 16.1. The zero-order chi connectivity index (χ0) is 22.1. The summed E-state index contributed by atoms with van der Waals surface area (Å²) in [6.45, 7) is 6.33. The number of nitrogens with zero attached hydrogens (tertiary/aromatic N) is 3. The molecule has 1 aromatic carbocycles. The van der Waals surface area contributed by atoms with Crippen LogP contribution in [0.2, 0.25) is 0 Å². The number of nitrogens with one attached hydrogen (secondary N) is 2. The number of carbonyl (C=O) groups excluding carboxylic acids is 1. The molecule has 0 saturated heterocycles. The van der Waals surface area contributed by atoms with E-state index in [0.717, 1.165) is 24.2 Å². The number of benzene rings is 1. The lowest BCUT2D eigenvalue weighted by Gasteiger charge is -2.25. The van der Waals surface area contributed by atoms with E-state index >= 15 is 0 Å². The van der Waals surface area contributed by atoms with Crippen LogP contribution < -0.4 is 22.4 Å². The van der Waals surface area contributed by atoms with Crippen molar-refractivity contribution in [3.63, 3.8) is 0 Å². The molecule has 0 aliphatic rings. The summed E-state index contributed by atoms with van der Waals surface area (Å²) >= 11 is 0. The van der Waals surface area contributed by atoms with Gasteiger partial charge >= 0.3 is 0 Å². The number of hydrazone groups is 1. The van der Waals surface area contributed by atoms with Crippen molar-refractivity contribution in [2.24, 2.45) is 16.8 Å². The summed E-state index contributed by atoms with van der Waals surface area (Å²) in [5, 5.41) is 6.57. The van der Waals surface area contributed by atoms with Gasteiger partial charge in [-0.3, -0.25) is 4.79 Å². The van der Waals surface area contributed by atoms with Crippen molar-refractivity contribution in [1.29, 1.82) is 0 Å². The Bertz CT molecular complexity index is 990. The van der Waals surface area contributed by atoms with Gasteiger partial charge in [0.15, 0.2) is 0 Å². The number of hydrogen-bond donors (Lipinski definition) is 4. The maximum atomic E-state index is 10.6. The van der Waals surface area contributed by atoms with Gasteiger partial charge in [-0.05, 0) is 36.0 Å². The Kier molecular flexibility index (Phi) is 7.94. The molecule has 0 amide bonds. The van der Waals surface area contributed by atoms with E-state index in [9.17, 15) is 4.79 Å². The number of carbonyl (C=O) groups is 1. The van der Waals surface area contributed by atoms with E-state index < -0.39 is 0 Å². The molecule has 3 rings (SSSR count). The minimum Gasteiger partial charge on any atom is -0.372 e. The number of nitrogens with two attached hydrogens (primary N) is 2. The first-order chi connectivity index (χ1) is 14.3. The molecule has 160 valence electrons. The molecule has 0 spiro atoms. The molecule has 6 N–H and O–H groups in total. The van der Waals surface area contributed by atoms with Crippen LogP contribution in [-0.4, -0.2) is 28.6 Å². The van der Waals surface area contributed by atoms with Crippen LogP contribution in [-0.2, 0) is 5.41 Å². The smallest absolute Gasteiger partial charge is 0.150 e. The highest BCUT2D eigenvalue weighted by Crippen LogP contribution is 2.28. The van der Waals surface area contributed by atoms with Crippen molar-refractivity contribution in [3.8, 4) is 0 Å². The van der Waals surface area contributed by atoms with Crippen molar-refractivity contribution >= 4 is 23.6 Å². The molecule has 8 heteroatoms. The zero-order valence-electron chi connectivity index (χ0n) is 18.0. The van der Waals surface area contributed by atoms with E-state index in [2.05, 4.69) is 53.9 Å². The average molecular weight is 410 g/mol. The molecular weight excluding hydrogens is 378 g/mol. The quantitative estimate of drug-likeness (QED) is 0.163. The summed E-state index contributed by atoms with van der Waals surface area (Å²) in [6.07, 6.45) is 6.41. The summed E-state index contributed by atoms with van der Waals surface area (Å²) < 4.78 is 2.02. The molecule has 0 atom stereocenters. The van der Waals surface area contributed by atoms with E-state index in [1.54, 1.807) is 0 Å². The van der Waals surface area contributed by atoms with Gasteiger partial charge in [0.05, 0.1) is 6.20 Å². The summed E-state index contributed by atoms with van der Waals surface area (Å²) in [7, 11) is 1.87. The molecule has 0 bridgehead atoms. The fourth-order valence-electron chi connectivity index (χ4n) is 2.99. The Morgan fingerprint density at radius 1 is 1.20 bits per heavy atom. The Morgan fingerprint density at radius 2 is 1.90 bits per heavy atom. The van der Waals surface area contributed by atoms with Crippen molar-refractivity contribution in [3.05, 3.63) is 65.5 Å². The second-order valence-electron chi connectivity index (χ2n) is 7.69. The lowest BCUT2D eigenvalue weighted by Crippen LogP contribution is -2.32. The number of aldehydes is 1. The standard InChI is InChI=1S/C13H20N4O.C9H11N3/c1-13(2,8-7-12(16-14)17-15)11-5-3-10(9-18)4-6-11;1-7-3-4-9-11-8(10-2)6-12(9)5-7/h3-6,9H,7-8,14-15H2,1-2H3,(H,16,17);3-6,10H,1-2H3. The van der Waals surface area contributed by atoms with Crippen LogP contribution in [0, 0.1) is 6.92 Å². The third-order valence-corrected chi connectivity index (χ3v) is 4.99. The minimum absolute atomic E-state index is 0.0335. The number of hydrazine groups is 1. The second kappa shape index (κ2) is 10.4. The van der Waals surface area contributed by atoms with E-state index in [0.29, 0.717) is 17.8 Å². The molecule has 0 unspecified atom stereocenters. The summed E-state index contributed by atoms with van der Waals surface area (Å²) in [4.78, 5) is 14.9. The number of aryl methyl sites for hydroxylation is 1. The summed E-state index contributed by atoms with van der Waals surface area (Å²) in [6, 6.07) is 11.7. The topological polar surface area (TPSA) is 123 Å². The molecule has 0 saturated carbocycles. The van der Waals surface area contributed by atoms with Crippen LogP contribution >= 0.6 is 0 Å². The van der Waals surface area contributed by atoms with Gasteiger partial charge < -0.3 is 21.0 Å². The molecule has 8 nitrogen and oxygen atoms in total. The normalized spacial score (nSPS) is 11.6. The average Bonchev–Trinajstić information content (AvgIpc) is 3.17. The van der Waals surface area contributed by atoms with Crippen molar-refractivity contribution in [2.75, 3.05) is 12.4 Å². The van der Waals surface area contributed by atoms with Gasteiger partial charge in [-0.1, -0.05) is 44.2 Å². The lowest BCUT2D eigenvalue weighted by atomic mass is 9.80. The second-order valence-corrected chi connectivity index (χ2v) is 7.69. The number of rotatable bonds is 6. The van der Waals surface area contributed by atoms with Gasteiger partial charge in [0.25, 0.3) is 0 Å². The first-order valence-electron chi connectivity index (χ1n) is 9.75. The number of imidazole rings is 1. The number of hydrogen-bond acceptors (Lipinski definition) is 6. The summed E-state index contributed by atoms with van der Waals surface area (Å²) in [5.41, 5.74) is 6.51. The van der Waals surface area contributed by atoms with Crippen LogP contribution in [0.1, 0.15) is 48.2 Å². The Hall–Kier alpha value is -3.39. The largest absolute Gasteiger partial charge is 0.372 e. The highest BCUT2D eigenvalue weighted by Gasteiger charge is 2.21. The third kappa shape index (κ3) is 6.05. The minimum atomic E-state index is -0.0335. The maximum Gasteiger partial charge on any atom is 0.150 e. The molecule has 3 aromatic rings. The van der Waals surface area contributed by atoms with Crippen LogP contribution in [0.4, 0.5) is 5.82 Å². The Labute approximate surface area is 177 Å². The fourth-order valence-corrected chi connectivity index (χ4v) is 2.99. The molecule has 2 aromatic heterocycles. The van der Waals surface area contributed by atoms with Crippen LogP contribution in [0.5, 0.6) is 0 Å². The predicted octanol–water partition coefficient (Wildman–Crippen LogP) is 2.98. The molecule has 0 radical (unpaired) electrons. The van der Waals surface area contributed by atoms with Crippen molar-refractivity contribution < 1.29 is 4.79 Å². The van der Waals surface area contributed by atoms with E-state index in [4.69, 9.17) is 11.7 Å². The summed E-state index contributed by atoms with van der Waals surface area (Å²) in [5.74, 6) is 12.0. The maximum absolute atomic E-state index is 10.6. The molecule has 2 heterocycles. The Morgan fingerprint density at radius 3 is 2.47 bits per heavy atom. The van der Waals surface area contributed by atoms with Gasteiger partial charge in [-0.25, -0.2) is 10.8 Å². The number of anilines is 1. The molecular formula is C22H31N7O. The van der Waals surface area contributed by atoms with E-state index in [-0.39, 0.29) is 5.41 Å². The highest BCUT2D eigenvalue weighted by molar-refractivity contribution is 5.81. The molecule has 0 aliphatic carbocycles. The Balaban J connectivity index is 0.000000230. The molecule has 30 heavy (non-hydrogen) atoms. The van der Waals surface area contributed by atoms with Gasteiger partial charge in [-0.15, -0.1) is 0 Å². The van der Waals surface area contributed by atoms with Crippen LogP contribution in [0.15, 0.2) is 53.9 Å². The lowest BCUT2D eigenvalue weighted by molar-refractivity contribution is 0.112. The monoisotopic (exact) mass is 409 g/mol. The van der Waals surface area contributed by atoms with E-state index in [1.807, 2.05) is 48.0 Å². The van der Waals surface area contributed by atoms with Crippen molar-refractivity contribution in [1.82, 2.24) is 14.8 Å². The molecule has 0 aliphatic heterocycles. The first-order valence-corrected chi connectivity index (χ1v) is 9.75. The van der Waals surface area contributed by atoms with Crippen LogP contribution in [0.3, 0.4) is 0 Å². The SMILES string of the molecule is CC(C)(CC/C(=N/N)NN)c1ccc(C=O)cc1.CNc1cn2cc(C)ccc2n1. The van der Waals surface area contributed by atoms with Gasteiger partial charge in [0.2, 0.25) is 0 Å². The van der Waals surface area contributed by atoms with Gasteiger partial charge in [0.1, 0.15) is 23.6 Å². The predicted molar refractivity (Wildman–Crippen MR) is 123 cm³/mol. The van der Waals surface area contributed by atoms with Gasteiger partial charge in [-0.2, -0.15) is 5.10 Å². The number of amidine groups is 1. The first kappa shape index (κ1) is 22.9. The number of fused-ring (bicyclic) bond motifs is 1. The number of pyridine rings is 1. The third-order valence-electron chi connectivity index (χ3n) is 4.99. The zero-order valence-corrected chi connectivity index (χ0v) is 18.0. The number of aromatic nitrogens is 2. The van der Waals surface area contributed by atoms with E-state index in [1.165, 1.54) is 11.1 Å². The van der Waals surface area contributed by atoms with Gasteiger partial charge in [0, 0.05) is 25.2 Å². The van der Waals surface area contributed by atoms with Crippen LogP contribution in [0.25, 0.3) is 5.65 Å².